The minimum atomic E-state index is 0.0565. The predicted molar refractivity (Wildman–Crippen MR) is 76.6 cm³/mol. The first-order valence-electron chi connectivity index (χ1n) is 5.58. The van der Waals surface area contributed by atoms with Crippen LogP contribution in [-0.4, -0.2) is 29.9 Å². The zero-order chi connectivity index (χ0) is 12.4. The second kappa shape index (κ2) is 5.19. The summed E-state index contributed by atoms with van der Waals surface area (Å²) in [4.78, 5) is 2.30. The van der Waals surface area contributed by atoms with Crippen molar-refractivity contribution in [2.24, 2.45) is 5.73 Å². The SMILES string of the molecule is CC1CN(c2ccc(C(=N)N)cc2Cl)CCS1. The molecule has 3 N–H and O–H groups in total. The molecule has 0 amide bonds. The van der Waals surface area contributed by atoms with Crippen LogP contribution in [0, 0.1) is 5.41 Å². The minimum Gasteiger partial charge on any atom is -0.384 e. The molecule has 1 aromatic carbocycles. The van der Waals surface area contributed by atoms with E-state index in [1.807, 2.05) is 23.9 Å². The third-order valence-corrected chi connectivity index (χ3v) is 4.28. The van der Waals surface area contributed by atoms with Gasteiger partial charge in [0.15, 0.2) is 0 Å². The van der Waals surface area contributed by atoms with E-state index in [2.05, 4.69) is 11.8 Å². The highest BCUT2D eigenvalue weighted by Gasteiger charge is 2.19. The lowest BCUT2D eigenvalue weighted by Crippen LogP contribution is -2.36. The first kappa shape index (κ1) is 12.6. The van der Waals surface area contributed by atoms with Gasteiger partial charge >= 0.3 is 0 Å². The van der Waals surface area contributed by atoms with Crippen LogP contribution < -0.4 is 10.6 Å². The van der Waals surface area contributed by atoms with E-state index in [9.17, 15) is 0 Å². The molecule has 0 spiro atoms. The van der Waals surface area contributed by atoms with E-state index in [-0.39, 0.29) is 5.84 Å². The summed E-state index contributed by atoms with van der Waals surface area (Å²) in [6, 6.07) is 5.59. The zero-order valence-corrected chi connectivity index (χ0v) is 11.3. The number of nitrogens with zero attached hydrogens (tertiary/aromatic N) is 1. The molecule has 92 valence electrons. The first-order chi connectivity index (χ1) is 8.08. The number of halogens is 1. The third kappa shape index (κ3) is 2.87. The molecule has 0 saturated carbocycles. The number of nitrogens with two attached hydrogens (primary N) is 1. The second-order valence-corrected chi connectivity index (χ2v) is 6.16. The van der Waals surface area contributed by atoms with Crippen LogP contribution in [0.25, 0.3) is 0 Å². The van der Waals surface area contributed by atoms with Crippen LogP contribution in [0.1, 0.15) is 12.5 Å². The highest BCUT2D eigenvalue weighted by molar-refractivity contribution is 8.00. The lowest BCUT2D eigenvalue weighted by Gasteiger charge is -2.33. The topological polar surface area (TPSA) is 53.1 Å². The molecule has 1 heterocycles. The average Bonchev–Trinajstić information content (AvgIpc) is 2.28. The summed E-state index contributed by atoms with van der Waals surface area (Å²) in [5, 5.41) is 8.69. The fraction of sp³-hybridized carbons (Fsp3) is 0.417. The van der Waals surface area contributed by atoms with Gasteiger partial charge < -0.3 is 10.6 Å². The molecule has 1 unspecified atom stereocenters. The van der Waals surface area contributed by atoms with Crippen molar-refractivity contribution in [1.82, 2.24) is 0 Å². The second-order valence-electron chi connectivity index (χ2n) is 4.21. The van der Waals surface area contributed by atoms with Crippen molar-refractivity contribution < 1.29 is 0 Å². The maximum Gasteiger partial charge on any atom is 0.122 e. The van der Waals surface area contributed by atoms with Gasteiger partial charge in [0.1, 0.15) is 5.84 Å². The van der Waals surface area contributed by atoms with E-state index in [4.69, 9.17) is 22.7 Å². The van der Waals surface area contributed by atoms with Crippen LogP contribution in [0.2, 0.25) is 5.02 Å². The summed E-state index contributed by atoms with van der Waals surface area (Å²) in [6.45, 7) is 4.27. The summed E-state index contributed by atoms with van der Waals surface area (Å²) < 4.78 is 0. The number of anilines is 1. The molecule has 0 radical (unpaired) electrons. The number of thioether (sulfide) groups is 1. The molecule has 2 rings (SSSR count). The van der Waals surface area contributed by atoms with Crippen LogP contribution in [0.4, 0.5) is 5.69 Å². The maximum absolute atomic E-state index is 7.38. The molecule has 1 saturated heterocycles. The fourth-order valence-electron chi connectivity index (χ4n) is 1.97. The van der Waals surface area contributed by atoms with Gasteiger partial charge in [-0.15, -0.1) is 0 Å². The van der Waals surface area contributed by atoms with Crippen molar-refractivity contribution in [3.8, 4) is 0 Å². The van der Waals surface area contributed by atoms with Crippen LogP contribution in [0.15, 0.2) is 18.2 Å². The van der Waals surface area contributed by atoms with E-state index < -0.39 is 0 Å². The van der Waals surface area contributed by atoms with Crippen molar-refractivity contribution in [2.45, 2.75) is 12.2 Å². The van der Waals surface area contributed by atoms with Crippen molar-refractivity contribution in [2.75, 3.05) is 23.7 Å². The molecule has 1 aliphatic heterocycles. The van der Waals surface area contributed by atoms with Gasteiger partial charge in [0.25, 0.3) is 0 Å². The summed E-state index contributed by atoms with van der Waals surface area (Å²) >= 11 is 8.25. The molecular weight excluding hydrogens is 254 g/mol. The number of hydrogen-bond donors (Lipinski definition) is 2. The maximum atomic E-state index is 7.38. The highest BCUT2D eigenvalue weighted by Crippen LogP contribution is 2.30. The number of nitrogens with one attached hydrogen (secondary N) is 1. The van der Waals surface area contributed by atoms with E-state index in [1.54, 1.807) is 6.07 Å². The van der Waals surface area contributed by atoms with Gasteiger partial charge in [0, 0.05) is 29.7 Å². The zero-order valence-electron chi connectivity index (χ0n) is 9.74. The largest absolute Gasteiger partial charge is 0.384 e. The van der Waals surface area contributed by atoms with Crippen molar-refractivity contribution in [1.29, 1.82) is 5.41 Å². The van der Waals surface area contributed by atoms with Gasteiger partial charge in [-0.3, -0.25) is 5.41 Å². The Morgan fingerprint density at radius 3 is 2.94 bits per heavy atom. The molecule has 0 bridgehead atoms. The van der Waals surface area contributed by atoms with E-state index in [1.165, 1.54) is 0 Å². The average molecular weight is 270 g/mol. The van der Waals surface area contributed by atoms with E-state index in [0.29, 0.717) is 15.8 Å². The monoisotopic (exact) mass is 269 g/mol. The lowest BCUT2D eigenvalue weighted by atomic mass is 10.1. The van der Waals surface area contributed by atoms with Crippen LogP contribution in [-0.2, 0) is 0 Å². The summed E-state index contributed by atoms with van der Waals surface area (Å²) in [5.41, 5.74) is 7.17. The lowest BCUT2D eigenvalue weighted by molar-refractivity contribution is 0.783. The molecule has 0 aliphatic carbocycles. The minimum absolute atomic E-state index is 0.0565. The smallest absolute Gasteiger partial charge is 0.122 e. The Morgan fingerprint density at radius 2 is 2.35 bits per heavy atom. The van der Waals surface area contributed by atoms with Crippen molar-refractivity contribution >= 4 is 34.9 Å². The molecule has 1 aromatic rings. The number of benzene rings is 1. The van der Waals surface area contributed by atoms with Crippen LogP contribution in [0.3, 0.4) is 0 Å². The van der Waals surface area contributed by atoms with Gasteiger partial charge in [-0.1, -0.05) is 18.5 Å². The fourth-order valence-corrected chi connectivity index (χ4v) is 3.28. The Morgan fingerprint density at radius 1 is 1.59 bits per heavy atom. The summed E-state index contributed by atoms with van der Waals surface area (Å²) in [7, 11) is 0. The van der Waals surface area contributed by atoms with Gasteiger partial charge in [-0.2, -0.15) is 11.8 Å². The van der Waals surface area contributed by atoms with Crippen LogP contribution in [0.5, 0.6) is 0 Å². The molecule has 1 fully saturated rings. The van der Waals surface area contributed by atoms with Gasteiger partial charge in [-0.25, -0.2) is 0 Å². The molecule has 5 heteroatoms. The Labute approximate surface area is 111 Å². The molecular formula is C12H16ClN3S. The number of hydrogen-bond acceptors (Lipinski definition) is 3. The Bertz CT molecular complexity index is 436. The number of rotatable bonds is 2. The molecule has 1 aliphatic rings. The summed E-state index contributed by atoms with van der Waals surface area (Å²) in [5.74, 6) is 1.19. The third-order valence-electron chi connectivity index (χ3n) is 2.84. The number of nitrogen functional groups attached to an aromatic ring is 1. The van der Waals surface area contributed by atoms with Crippen LogP contribution >= 0.6 is 23.4 Å². The molecule has 1 atom stereocenters. The predicted octanol–water partition coefficient (Wildman–Crippen LogP) is 2.57. The normalized spacial score (nSPS) is 20.4. The first-order valence-corrected chi connectivity index (χ1v) is 7.01. The quantitative estimate of drug-likeness (QED) is 0.641. The molecule has 0 aromatic heterocycles. The van der Waals surface area contributed by atoms with Crippen molar-refractivity contribution in [3.63, 3.8) is 0 Å². The molecule has 17 heavy (non-hydrogen) atoms. The standard InChI is InChI=1S/C12H16ClN3S/c1-8-7-16(4-5-17-8)11-3-2-9(12(14)15)6-10(11)13/h2-3,6,8H,4-5,7H2,1H3,(H3,14,15). The van der Waals surface area contributed by atoms with Gasteiger partial charge in [0.05, 0.1) is 10.7 Å². The van der Waals surface area contributed by atoms with E-state index in [0.717, 1.165) is 24.5 Å². The van der Waals surface area contributed by atoms with Gasteiger partial charge in [-0.05, 0) is 18.2 Å². The number of amidine groups is 1. The Hall–Kier alpha value is -0.870. The van der Waals surface area contributed by atoms with Gasteiger partial charge in [0.2, 0.25) is 0 Å². The summed E-state index contributed by atoms with van der Waals surface area (Å²) in [6.07, 6.45) is 0. The molecule has 3 nitrogen and oxygen atoms in total. The Kier molecular flexibility index (Phi) is 3.84. The Balaban J connectivity index is 2.23. The van der Waals surface area contributed by atoms with E-state index >= 15 is 0 Å². The van der Waals surface area contributed by atoms with Crippen molar-refractivity contribution in [3.05, 3.63) is 28.8 Å². The highest BCUT2D eigenvalue weighted by atomic mass is 35.5.